The molecule has 1 aliphatic rings. The summed E-state index contributed by atoms with van der Waals surface area (Å²) in [6.45, 7) is 0.542. The molecule has 4 bridgehead atoms. The van der Waals surface area contributed by atoms with Crippen LogP contribution in [0.3, 0.4) is 0 Å². The first kappa shape index (κ1) is 21.1. The van der Waals surface area contributed by atoms with Gasteiger partial charge in [0.15, 0.2) is 16.7 Å². The normalized spacial score (nSPS) is 16.1. The second-order valence-electron chi connectivity index (χ2n) is 6.72. The fraction of sp³-hybridized carbons (Fsp3) is 0.0952. The topological polar surface area (TPSA) is 90.5 Å². The molecule has 6 nitrogen and oxygen atoms in total. The van der Waals surface area contributed by atoms with Crippen molar-refractivity contribution in [2.24, 2.45) is 0 Å². The van der Waals surface area contributed by atoms with Crippen LogP contribution < -0.4 is 15.4 Å². The number of hydrogen-bond acceptors (Lipinski definition) is 4. The third-order valence-electron chi connectivity index (χ3n) is 4.69. The van der Waals surface area contributed by atoms with Crippen molar-refractivity contribution in [2.75, 3.05) is 23.1 Å². The number of aromatic hydroxyl groups is 1. The maximum atomic E-state index is 14.6. The summed E-state index contributed by atoms with van der Waals surface area (Å²) in [5.41, 5.74) is 0.944. The van der Waals surface area contributed by atoms with E-state index in [2.05, 4.69) is 15.4 Å². The second kappa shape index (κ2) is 8.52. The van der Waals surface area contributed by atoms with Crippen molar-refractivity contribution in [3.05, 3.63) is 70.8 Å². The minimum Gasteiger partial charge on any atom is -0.505 e. The van der Waals surface area contributed by atoms with Crippen LogP contribution in [0.4, 0.5) is 20.2 Å². The molecule has 0 aromatic heterocycles. The number of benzene rings is 3. The Balaban J connectivity index is 1.87. The molecule has 1 amide bonds. The van der Waals surface area contributed by atoms with Gasteiger partial charge in [0.1, 0.15) is 16.5 Å². The predicted molar refractivity (Wildman–Crippen MR) is 116 cm³/mol. The number of fused-ring (bicyclic) bond motifs is 6. The van der Waals surface area contributed by atoms with E-state index in [0.717, 1.165) is 0 Å². The van der Waals surface area contributed by atoms with Gasteiger partial charge in [0.05, 0.1) is 10.7 Å². The average molecular weight is 464 g/mol. The highest BCUT2D eigenvalue weighted by atomic mass is 35.5. The van der Waals surface area contributed by atoms with Gasteiger partial charge < -0.3 is 15.7 Å². The lowest BCUT2D eigenvalue weighted by Gasteiger charge is -2.15. The third kappa shape index (κ3) is 4.19. The van der Waals surface area contributed by atoms with E-state index in [-0.39, 0.29) is 33.3 Å². The molecule has 1 aliphatic heterocycles. The highest BCUT2D eigenvalue weighted by Gasteiger charge is 2.21. The number of halogens is 3. The van der Waals surface area contributed by atoms with Gasteiger partial charge in [-0.1, -0.05) is 29.8 Å². The molecule has 10 heteroatoms. The van der Waals surface area contributed by atoms with Crippen molar-refractivity contribution >= 4 is 39.9 Å². The van der Waals surface area contributed by atoms with Gasteiger partial charge in [0.25, 0.3) is 5.91 Å². The Morgan fingerprint density at radius 1 is 0.935 bits per heavy atom. The molecule has 0 radical (unpaired) electrons. The number of carbonyl (C=O) groups excluding carboxylic acids is 1. The summed E-state index contributed by atoms with van der Waals surface area (Å²) in [4.78, 5) is 12.3. The molecule has 0 aliphatic carbocycles. The monoisotopic (exact) mass is 463 g/mol. The first-order valence-electron chi connectivity index (χ1n) is 9.16. The molecule has 1 atom stereocenters. The number of phenolic OH excluding ortho intramolecular Hbond substituents is 1. The summed E-state index contributed by atoms with van der Waals surface area (Å²) in [5, 5.41) is 15.8. The van der Waals surface area contributed by atoms with Gasteiger partial charge in [-0.3, -0.25) is 9.52 Å². The molecule has 3 aromatic rings. The number of rotatable bonds is 0. The highest BCUT2D eigenvalue weighted by Crippen LogP contribution is 2.35. The number of hydrogen-bond donors (Lipinski definition) is 4. The Morgan fingerprint density at radius 2 is 1.68 bits per heavy atom. The van der Waals surface area contributed by atoms with E-state index in [9.17, 15) is 22.9 Å². The minimum absolute atomic E-state index is 0.0727. The predicted octanol–water partition coefficient (Wildman–Crippen LogP) is 4.28. The average Bonchev–Trinajstić information content (AvgIpc) is 2.74. The van der Waals surface area contributed by atoms with Gasteiger partial charge in [-0.25, -0.2) is 13.0 Å². The van der Waals surface area contributed by atoms with Crippen LogP contribution in [-0.2, 0) is 11.0 Å². The first-order chi connectivity index (χ1) is 14.8. The maximum absolute atomic E-state index is 14.6. The van der Waals surface area contributed by atoms with Gasteiger partial charge in [0, 0.05) is 41.5 Å². The number of anilines is 2. The molecule has 3 aromatic carbocycles. The number of amides is 1. The van der Waals surface area contributed by atoms with Crippen LogP contribution in [0.15, 0.2) is 53.4 Å². The van der Waals surface area contributed by atoms with Gasteiger partial charge in [-0.15, -0.1) is 0 Å². The van der Waals surface area contributed by atoms with Crippen LogP contribution in [0.25, 0.3) is 11.1 Å². The Labute approximate surface area is 183 Å². The lowest BCUT2D eigenvalue weighted by molar-refractivity contribution is 0.0955. The van der Waals surface area contributed by atoms with Gasteiger partial charge in [-0.2, -0.15) is 0 Å². The zero-order valence-electron chi connectivity index (χ0n) is 15.8. The molecular formula is C21H16ClF2N3O3S. The molecule has 0 fully saturated rings. The van der Waals surface area contributed by atoms with Crippen LogP contribution in [0.5, 0.6) is 5.75 Å². The maximum Gasteiger partial charge on any atom is 0.251 e. The van der Waals surface area contributed by atoms with Crippen LogP contribution in [-0.4, -0.2) is 28.3 Å². The SMILES string of the molecule is O=C1NCCNc2ccccc2-c2cc(c(F)cc2F)NS(=O)c2cc1cc(Cl)c2O. The number of para-hydroxylation sites is 1. The fourth-order valence-corrected chi connectivity index (χ4v) is 4.44. The van der Waals surface area contributed by atoms with Gasteiger partial charge in [-0.05, 0) is 24.3 Å². The van der Waals surface area contributed by atoms with E-state index < -0.39 is 34.3 Å². The van der Waals surface area contributed by atoms with Gasteiger partial charge >= 0.3 is 0 Å². The molecule has 0 saturated carbocycles. The smallest absolute Gasteiger partial charge is 0.251 e. The second-order valence-corrected chi connectivity index (χ2v) is 8.30. The number of carbonyl (C=O) groups is 1. The molecule has 1 unspecified atom stereocenters. The summed E-state index contributed by atoms with van der Waals surface area (Å²) < 4.78 is 44.4. The summed E-state index contributed by atoms with van der Waals surface area (Å²) in [7, 11) is -2.20. The molecule has 0 spiro atoms. The van der Waals surface area contributed by atoms with Crippen molar-refractivity contribution in [2.45, 2.75) is 4.90 Å². The highest BCUT2D eigenvalue weighted by molar-refractivity contribution is 7.86. The lowest BCUT2D eigenvalue weighted by atomic mass is 10.0. The minimum atomic E-state index is -2.20. The zero-order chi connectivity index (χ0) is 22.1. The Hall–Kier alpha value is -3.17. The molecule has 4 N–H and O–H groups in total. The quantitative estimate of drug-likeness (QED) is 0.400. The number of phenols is 1. The third-order valence-corrected chi connectivity index (χ3v) is 6.10. The van der Waals surface area contributed by atoms with Crippen molar-refractivity contribution in [1.82, 2.24) is 5.32 Å². The molecule has 1 heterocycles. The van der Waals surface area contributed by atoms with Crippen LogP contribution in [0.1, 0.15) is 10.4 Å². The first-order valence-corrected chi connectivity index (χ1v) is 10.7. The summed E-state index contributed by atoms with van der Waals surface area (Å²) in [5.74, 6) is -2.77. The van der Waals surface area contributed by atoms with Crippen molar-refractivity contribution < 1.29 is 22.9 Å². The van der Waals surface area contributed by atoms with Crippen molar-refractivity contribution in [3.63, 3.8) is 0 Å². The van der Waals surface area contributed by atoms with E-state index in [4.69, 9.17) is 11.6 Å². The molecule has 31 heavy (non-hydrogen) atoms. The standard InChI is InChI=1S/C21H16ClF2N3O3S/c22-14-7-11-8-19(20(14)28)31(30)27-18-9-13(15(23)10-16(18)24)12-3-1-2-4-17(12)25-5-6-26-21(11)29/h1-4,7-10,25,27-28H,5-6H2,(H,26,29). The van der Waals surface area contributed by atoms with E-state index >= 15 is 0 Å². The largest absolute Gasteiger partial charge is 0.505 e. The van der Waals surface area contributed by atoms with Crippen LogP contribution in [0, 0.1) is 11.6 Å². The van der Waals surface area contributed by atoms with Crippen LogP contribution in [0.2, 0.25) is 5.02 Å². The summed E-state index contributed by atoms with van der Waals surface area (Å²) in [6.07, 6.45) is 0. The van der Waals surface area contributed by atoms with E-state index in [0.29, 0.717) is 23.9 Å². The van der Waals surface area contributed by atoms with Crippen molar-refractivity contribution in [1.29, 1.82) is 0 Å². The van der Waals surface area contributed by atoms with Gasteiger partial charge in [0.2, 0.25) is 0 Å². The van der Waals surface area contributed by atoms with E-state index in [1.54, 1.807) is 24.3 Å². The zero-order valence-corrected chi connectivity index (χ0v) is 17.4. The van der Waals surface area contributed by atoms with Crippen LogP contribution >= 0.6 is 11.6 Å². The fourth-order valence-electron chi connectivity index (χ4n) is 3.18. The Kier molecular flexibility index (Phi) is 5.79. The molecule has 0 saturated heterocycles. The van der Waals surface area contributed by atoms with E-state index in [1.807, 2.05) is 0 Å². The summed E-state index contributed by atoms with van der Waals surface area (Å²) in [6, 6.07) is 11.2. The van der Waals surface area contributed by atoms with Crippen molar-refractivity contribution in [3.8, 4) is 16.9 Å². The molecule has 160 valence electrons. The Morgan fingerprint density at radius 3 is 2.48 bits per heavy atom. The Bertz CT molecular complexity index is 1220. The lowest BCUT2D eigenvalue weighted by Crippen LogP contribution is -2.29. The molecular weight excluding hydrogens is 448 g/mol. The van der Waals surface area contributed by atoms with E-state index in [1.165, 1.54) is 18.2 Å². The number of nitrogens with one attached hydrogen (secondary N) is 3. The summed E-state index contributed by atoms with van der Waals surface area (Å²) >= 11 is 5.99. The molecule has 4 rings (SSSR count).